The van der Waals surface area contributed by atoms with Crippen molar-refractivity contribution in [1.82, 2.24) is 10.1 Å². The van der Waals surface area contributed by atoms with Crippen LogP contribution in [-0.4, -0.2) is 16.2 Å². The Morgan fingerprint density at radius 3 is 2.84 bits per heavy atom. The molecule has 0 aromatic carbocycles. The first kappa shape index (κ1) is 14.2. The van der Waals surface area contributed by atoms with Crippen LogP contribution in [-0.2, 0) is 12.8 Å². The Labute approximate surface area is 118 Å². The Kier molecular flexibility index (Phi) is 4.37. The van der Waals surface area contributed by atoms with E-state index in [0.29, 0.717) is 12.3 Å². The highest BCUT2D eigenvalue weighted by Gasteiger charge is 2.18. The van der Waals surface area contributed by atoms with Gasteiger partial charge in [0.2, 0.25) is 5.89 Å². The average Bonchev–Trinajstić information content (AvgIpc) is 2.88. The lowest BCUT2D eigenvalue weighted by Gasteiger charge is -2.21. The monoisotopic (exact) mass is 279 g/mol. The predicted molar refractivity (Wildman–Crippen MR) is 77.2 cm³/mol. The van der Waals surface area contributed by atoms with E-state index in [2.05, 4.69) is 42.4 Å². The fourth-order valence-corrected chi connectivity index (χ4v) is 2.80. The second-order valence-electron chi connectivity index (χ2n) is 6.09. The molecule has 2 N–H and O–H groups in total. The van der Waals surface area contributed by atoms with Gasteiger partial charge in [-0.05, 0) is 23.3 Å². The molecule has 0 aliphatic rings. The Balaban J connectivity index is 1.90. The molecule has 5 heteroatoms. The molecule has 0 saturated carbocycles. The van der Waals surface area contributed by atoms with E-state index >= 15 is 0 Å². The van der Waals surface area contributed by atoms with Crippen molar-refractivity contribution >= 4 is 11.3 Å². The van der Waals surface area contributed by atoms with Crippen LogP contribution >= 0.6 is 11.3 Å². The summed E-state index contributed by atoms with van der Waals surface area (Å²) in [4.78, 5) is 5.65. The zero-order valence-electron chi connectivity index (χ0n) is 11.7. The maximum absolute atomic E-state index is 6.11. The van der Waals surface area contributed by atoms with Crippen LogP contribution in [0.2, 0.25) is 0 Å². The number of hydrogen-bond acceptors (Lipinski definition) is 5. The van der Waals surface area contributed by atoms with E-state index in [1.165, 1.54) is 4.88 Å². The molecular weight excluding hydrogens is 258 g/mol. The van der Waals surface area contributed by atoms with Crippen LogP contribution in [0, 0.1) is 5.41 Å². The smallest absolute Gasteiger partial charge is 0.228 e. The molecule has 19 heavy (non-hydrogen) atoms. The van der Waals surface area contributed by atoms with E-state index in [0.717, 1.165) is 18.7 Å². The largest absolute Gasteiger partial charge is 0.339 e. The van der Waals surface area contributed by atoms with Crippen molar-refractivity contribution in [2.45, 2.75) is 46.1 Å². The summed E-state index contributed by atoms with van der Waals surface area (Å²) >= 11 is 1.70. The van der Waals surface area contributed by atoms with Crippen LogP contribution < -0.4 is 5.73 Å². The minimum Gasteiger partial charge on any atom is -0.339 e. The van der Waals surface area contributed by atoms with Crippen LogP contribution in [0.25, 0.3) is 0 Å². The van der Waals surface area contributed by atoms with Crippen molar-refractivity contribution in [1.29, 1.82) is 0 Å². The second-order valence-corrected chi connectivity index (χ2v) is 7.12. The van der Waals surface area contributed by atoms with Gasteiger partial charge in [-0.15, -0.1) is 11.3 Å². The predicted octanol–water partition coefficient (Wildman–Crippen LogP) is 3.03. The minimum atomic E-state index is 0.0648. The number of nitrogens with two attached hydrogens (primary N) is 1. The van der Waals surface area contributed by atoms with Gasteiger partial charge in [-0.2, -0.15) is 4.98 Å². The normalized spacial score (nSPS) is 13.7. The van der Waals surface area contributed by atoms with Gasteiger partial charge >= 0.3 is 0 Å². The van der Waals surface area contributed by atoms with E-state index in [9.17, 15) is 0 Å². The Hall–Kier alpha value is -1.20. The molecule has 4 nitrogen and oxygen atoms in total. The van der Waals surface area contributed by atoms with Crippen molar-refractivity contribution in [3.63, 3.8) is 0 Å². The van der Waals surface area contributed by atoms with Crippen molar-refractivity contribution in [3.8, 4) is 0 Å². The quantitative estimate of drug-likeness (QED) is 0.913. The Bertz CT molecular complexity index is 499. The first-order chi connectivity index (χ1) is 8.92. The summed E-state index contributed by atoms with van der Waals surface area (Å²) in [6.45, 7) is 6.55. The number of hydrogen-bond donors (Lipinski definition) is 1. The number of aromatic nitrogens is 2. The Morgan fingerprint density at radius 2 is 2.21 bits per heavy atom. The highest BCUT2D eigenvalue weighted by Crippen LogP contribution is 2.21. The summed E-state index contributed by atoms with van der Waals surface area (Å²) in [5.74, 6) is 1.38. The fraction of sp³-hybridized carbons (Fsp3) is 0.571. The third kappa shape index (κ3) is 4.76. The second kappa shape index (κ2) is 5.84. The molecule has 0 radical (unpaired) electrons. The van der Waals surface area contributed by atoms with Gasteiger partial charge in [0.25, 0.3) is 0 Å². The molecule has 0 aliphatic heterocycles. The summed E-state index contributed by atoms with van der Waals surface area (Å²) in [6, 6.07) is 4.17. The molecule has 1 atom stereocenters. The van der Waals surface area contributed by atoms with E-state index in [-0.39, 0.29) is 11.5 Å². The first-order valence-electron chi connectivity index (χ1n) is 6.52. The molecule has 0 fully saturated rings. The highest BCUT2D eigenvalue weighted by atomic mass is 32.1. The minimum absolute atomic E-state index is 0.0648. The summed E-state index contributed by atoms with van der Waals surface area (Å²) in [6.07, 6.45) is 2.32. The van der Waals surface area contributed by atoms with Gasteiger partial charge in [0, 0.05) is 23.8 Å². The molecule has 2 heterocycles. The summed E-state index contributed by atoms with van der Waals surface area (Å²) in [5.41, 5.74) is 6.33. The van der Waals surface area contributed by atoms with Crippen molar-refractivity contribution in [3.05, 3.63) is 34.1 Å². The van der Waals surface area contributed by atoms with Crippen LogP contribution in [0.1, 0.15) is 43.8 Å². The van der Waals surface area contributed by atoms with Crippen molar-refractivity contribution in [2.75, 3.05) is 0 Å². The zero-order valence-corrected chi connectivity index (χ0v) is 12.5. The first-order valence-corrected chi connectivity index (χ1v) is 7.40. The fourth-order valence-electron chi connectivity index (χ4n) is 2.10. The Morgan fingerprint density at radius 1 is 1.42 bits per heavy atom. The third-order valence-electron chi connectivity index (χ3n) is 2.73. The maximum atomic E-state index is 6.11. The van der Waals surface area contributed by atoms with Crippen molar-refractivity contribution < 1.29 is 4.52 Å². The number of nitrogens with zero attached hydrogens (tertiary/aromatic N) is 2. The van der Waals surface area contributed by atoms with Gasteiger partial charge in [0.05, 0.1) is 0 Å². The molecule has 0 bridgehead atoms. The van der Waals surface area contributed by atoms with Gasteiger partial charge in [-0.25, -0.2) is 0 Å². The standard InChI is InChI=1S/C14H21N3OS/c1-14(2,3)9-10(15)7-13-16-12(17-18-13)8-11-5-4-6-19-11/h4-6,10H,7-9,15H2,1-3H3. The SMILES string of the molecule is CC(C)(C)CC(N)Cc1nc(Cc2cccs2)no1. The molecule has 1 unspecified atom stereocenters. The molecule has 2 rings (SSSR count). The highest BCUT2D eigenvalue weighted by molar-refractivity contribution is 7.09. The molecule has 0 amide bonds. The summed E-state index contributed by atoms with van der Waals surface area (Å²) in [7, 11) is 0. The van der Waals surface area contributed by atoms with Gasteiger partial charge < -0.3 is 10.3 Å². The summed E-state index contributed by atoms with van der Waals surface area (Å²) in [5, 5.41) is 6.06. The zero-order chi connectivity index (χ0) is 13.9. The molecule has 0 spiro atoms. The van der Waals surface area contributed by atoms with Crippen LogP contribution in [0.5, 0.6) is 0 Å². The molecule has 104 valence electrons. The molecule has 2 aromatic rings. The van der Waals surface area contributed by atoms with Crippen molar-refractivity contribution in [2.24, 2.45) is 11.1 Å². The summed E-state index contributed by atoms with van der Waals surface area (Å²) < 4.78 is 5.26. The lowest BCUT2D eigenvalue weighted by molar-refractivity contribution is 0.312. The van der Waals surface area contributed by atoms with E-state index in [1.54, 1.807) is 11.3 Å². The van der Waals surface area contributed by atoms with Gasteiger partial charge in [0.1, 0.15) is 0 Å². The number of rotatable bonds is 5. The molecule has 0 aliphatic carbocycles. The van der Waals surface area contributed by atoms with Crippen LogP contribution in [0.3, 0.4) is 0 Å². The van der Waals surface area contributed by atoms with E-state index in [1.807, 2.05) is 6.07 Å². The third-order valence-corrected chi connectivity index (χ3v) is 3.61. The van der Waals surface area contributed by atoms with Gasteiger partial charge in [-0.3, -0.25) is 0 Å². The van der Waals surface area contributed by atoms with Crippen LogP contribution in [0.4, 0.5) is 0 Å². The van der Waals surface area contributed by atoms with Gasteiger partial charge in [0.15, 0.2) is 5.82 Å². The van der Waals surface area contributed by atoms with Gasteiger partial charge in [-0.1, -0.05) is 32.0 Å². The van der Waals surface area contributed by atoms with E-state index in [4.69, 9.17) is 10.3 Å². The number of thiophene rings is 1. The van der Waals surface area contributed by atoms with E-state index < -0.39 is 0 Å². The molecule has 2 aromatic heterocycles. The topological polar surface area (TPSA) is 64.9 Å². The molecular formula is C14H21N3OS. The lowest BCUT2D eigenvalue weighted by atomic mass is 9.87. The molecule has 0 saturated heterocycles. The average molecular weight is 279 g/mol. The maximum Gasteiger partial charge on any atom is 0.228 e. The van der Waals surface area contributed by atoms with Crippen LogP contribution in [0.15, 0.2) is 22.0 Å². The lowest BCUT2D eigenvalue weighted by Crippen LogP contribution is -2.28.